The van der Waals surface area contributed by atoms with E-state index in [2.05, 4.69) is 4.98 Å². The van der Waals surface area contributed by atoms with E-state index in [0.29, 0.717) is 10.1 Å². The molecule has 2 aromatic rings. The Hall–Kier alpha value is -2.05. The summed E-state index contributed by atoms with van der Waals surface area (Å²) in [4.78, 5) is 26.0. The van der Waals surface area contributed by atoms with Gasteiger partial charge in [0.25, 0.3) is 5.56 Å². The summed E-state index contributed by atoms with van der Waals surface area (Å²) in [5.74, 6) is 0. The molecule has 19 heavy (non-hydrogen) atoms. The van der Waals surface area contributed by atoms with E-state index >= 15 is 0 Å². The average molecular weight is 272 g/mol. The summed E-state index contributed by atoms with van der Waals surface area (Å²) in [6, 6.07) is 4.80. The number of aryl methyl sites for hydroxylation is 1. The molecular weight excluding hydrogens is 261 g/mol. The highest BCUT2D eigenvalue weighted by molar-refractivity contribution is 5.77. The van der Waals surface area contributed by atoms with Crippen molar-refractivity contribution in [2.24, 2.45) is 0 Å². The Kier molecular flexibility index (Phi) is 3.21. The Morgan fingerprint density at radius 3 is 2.58 bits per heavy atom. The molecule has 1 heterocycles. The van der Waals surface area contributed by atoms with Gasteiger partial charge in [-0.3, -0.25) is 9.36 Å². The zero-order valence-electron chi connectivity index (χ0n) is 10.0. The Bertz CT molecular complexity index is 728. The maximum atomic E-state index is 12.2. The van der Waals surface area contributed by atoms with Crippen LogP contribution in [0.25, 0.3) is 10.9 Å². The molecule has 0 atom stereocenters. The molecule has 0 aliphatic rings. The van der Waals surface area contributed by atoms with Crippen molar-refractivity contribution in [2.75, 3.05) is 0 Å². The molecule has 4 nitrogen and oxygen atoms in total. The third-order valence-electron chi connectivity index (χ3n) is 2.76. The summed E-state index contributed by atoms with van der Waals surface area (Å²) in [6.45, 7) is 1.07. The van der Waals surface area contributed by atoms with Gasteiger partial charge in [0.05, 0.1) is 17.3 Å². The van der Waals surface area contributed by atoms with Gasteiger partial charge in [0, 0.05) is 6.54 Å². The van der Waals surface area contributed by atoms with Crippen molar-refractivity contribution in [1.82, 2.24) is 9.55 Å². The standard InChI is InChI=1S/C12H11F3N2O2/c1-7-2-3-9-8(6-7)10(18)17(11(19)16-9)5-4-12(13,14)15/h2-3,6H,4-5H2,1H3,(H,16,19). The highest BCUT2D eigenvalue weighted by Crippen LogP contribution is 2.19. The zero-order valence-corrected chi connectivity index (χ0v) is 10.0. The summed E-state index contributed by atoms with van der Waals surface area (Å²) in [7, 11) is 0. The van der Waals surface area contributed by atoms with Crippen molar-refractivity contribution < 1.29 is 13.2 Å². The van der Waals surface area contributed by atoms with Crippen molar-refractivity contribution in [3.63, 3.8) is 0 Å². The van der Waals surface area contributed by atoms with Crippen LogP contribution in [0.2, 0.25) is 0 Å². The largest absolute Gasteiger partial charge is 0.390 e. The van der Waals surface area contributed by atoms with Gasteiger partial charge >= 0.3 is 11.9 Å². The van der Waals surface area contributed by atoms with Crippen molar-refractivity contribution in [1.29, 1.82) is 0 Å². The van der Waals surface area contributed by atoms with Crippen LogP contribution < -0.4 is 11.2 Å². The average Bonchev–Trinajstić information content (AvgIpc) is 2.28. The maximum absolute atomic E-state index is 12.2. The number of H-pyrrole nitrogens is 1. The monoisotopic (exact) mass is 272 g/mol. The molecule has 1 aromatic carbocycles. The summed E-state index contributed by atoms with van der Waals surface area (Å²) >= 11 is 0. The van der Waals surface area contributed by atoms with E-state index in [1.165, 1.54) is 6.07 Å². The Morgan fingerprint density at radius 1 is 1.26 bits per heavy atom. The molecular formula is C12H11F3N2O2. The van der Waals surface area contributed by atoms with Gasteiger partial charge in [0.1, 0.15) is 0 Å². The van der Waals surface area contributed by atoms with E-state index in [9.17, 15) is 22.8 Å². The molecule has 0 saturated heterocycles. The quantitative estimate of drug-likeness (QED) is 0.908. The number of fused-ring (bicyclic) bond motifs is 1. The number of hydrogen-bond acceptors (Lipinski definition) is 2. The zero-order chi connectivity index (χ0) is 14.2. The first-order valence-corrected chi connectivity index (χ1v) is 5.58. The fourth-order valence-electron chi connectivity index (χ4n) is 1.81. The lowest BCUT2D eigenvalue weighted by molar-refractivity contribution is -0.137. The Morgan fingerprint density at radius 2 is 1.95 bits per heavy atom. The van der Waals surface area contributed by atoms with E-state index in [1.807, 2.05) is 0 Å². The number of nitrogens with zero attached hydrogens (tertiary/aromatic N) is 1. The van der Waals surface area contributed by atoms with Gasteiger partial charge in [-0.15, -0.1) is 0 Å². The Labute approximate surface area is 105 Å². The minimum atomic E-state index is -4.41. The smallest absolute Gasteiger partial charge is 0.307 e. The van der Waals surface area contributed by atoms with E-state index in [4.69, 9.17) is 0 Å². The second-order valence-electron chi connectivity index (χ2n) is 4.30. The molecule has 2 rings (SSSR count). The first kappa shape index (κ1) is 13.4. The molecule has 0 saturated carbocycles. The molecule has 0 aliphatic carbocycles. The second kappa shape index (κ2) is 4.56. The van der Waals surface area contributed by atoms with Crippen LogP contribution in [0.4, 0.5) is 13.2 Å². The third kappa shape index (κ3) is 2.86. The normalized spacial score (nSPS) is 12.0. The summed E-state index contributed by atoms with van der Waals surface area (Å²) < 4.78 is 37.0. The van der Waals surface area contributed by atoms with Crippen LogP contribution >= 0.6 is 0 Å². The lowest BCUT2D eigenvalue weighted by atomic mass is 10.2. The predicted molar refractivity (Wildman–Crippen MR) is 64.2 cm³/mol. The number of alkyl halides is 3. The first-order chi connectivity index (χ1) is 8.78. The van der Waals surface area contributed by atoms with E-state index in [0.717, 1.165) is 5.56 Å². The second-order valence-corrected chi connectivity index (χ2v) is 4.30. The van der Waals surface area contributed by atoms with Gasteiger partial charge in [0.15, 0.2) is 0 Å². The molecule has 0 radical (unpaired) electrons. The fourth-order valence-corrected chi connectivity index (χ4v) is 1.81. The number of halogens is 3. The molecule has 0 fully saturated rings. The van der Waals surface area contributed by atoms with Crippen LogP contribution in [0.3, 0.4) is 0 Å². The van der Waals surface area contributed by atoms with Crippen LogP contribution in [0.5, 0.6) is 0 Å². The molecule has 102 valence electrons. The summed E-state index contributed by atoms with van der Waals surface area (Å²) in [6.07, 6.45) is -5.62. The van der Waals surface area contributed by atoms with Crippen LogP contribution in [0.1, 0.15) is 12.0 Å². The van der Waals surface area contributed by atoms with Crippen molar-refractivity contribution in [3.05, 3.63) is 44.6 Å². The molecule has 0 spiro atoms. The van der Waals surface area contributed by atoms with Crippen LogP contribution in [-0.4, -0.2) is 15.7 Å². The molecule has 1 aromatic heterocycles. The van der Waals surface area contributed by atoms with Gasteiger partial charge in [-0.2, -0.15) is 13.2 Å². The Balaban J connectivity index is 2.56. The predicted octanol–water partition coefficient (Wildman–Crippen LogP) is 1.95. The van der Waals surface area contributed by atoms with Crippen molar-refractivity contribution in [3.8, 4) is 0 Å². The number of aromatic nitrogens is 2. The SMILES string of the molecule is Cc1ccc2[nH]c(=O)n(CCC(F)(F)F)c(=O)c2c1. The molecule has 0 amide bonds. The lowest BCUT2D eigenvalue weighted by Crippen LogP contribution is -2.36. The first-order valence-electron chi connectivity index (χ1n) is 5.58. The molecule has 0 unspecified atom stereocenters. The molecule has 1 N–H and O–H groups in total. The van der Waals surface area contributed by atoms with Crippen LogP contribution in [0.15, 0.2) is 27.8 Å². The van der Waals surface area contributed by atoms with E-state index < -0.39 is 30.4 Å². The summed E-state index contributed by atoms with van der Waals surface area (Å²) in [5, 5.41) is 0.210. The minimum Gasteiger partial charge on any atom is -0.307 e. The fraction of sp³-hybridized carbons (Fsp3) is 0.333. The van der Waals surface area contributed by atoms with Crippen LogP contribution in [0, 0.1) is 6.92 Å². The van der Waals surface area contributed by atoms with Crippen molar-refractivity contribution in [2.45, 2.75) is 26.1 Å². The molecule has 0 aliphatic heterocycles. The number of rotatable bonds is 2. The van der Waals surface area contributed by atoms with Gasteiger partial charge in [-0.25, -0.2) is 4.79 Å². The minimum absolute atomic E-state index is 0.210. The highest BCUT2D eigenvalue weighted by Gasteiger charge is 2.27. The van der Waals surface area contributed by atoms with Crippen LogP contribution in [-0.2, 0) is 6.54 Å². The topological polar surface area (TPSA) is 54.9 Å². The highest BCUT2D eigenvalue weighted by atomic mass is 19.4. The van der Waals surface area contributed by atoms with E-state index in [-0.39, 0.29) is 5.39 Å². The van der Waals surface area contributed by atoms with E-state index in [1.54, 1.807) is 19.1 Å². The molecule has 7 heteroatoms. The van der Waals surface area contributed by atoms with Crippen molar-refractivity contribution >= 4 is 10.9 Å². The van der Waals surface area contributed by atoms with Gasteiger partial charge in [-0.05, 0) is 19.1 Å². The molecule has 0 bridgehead atoms. The number of aromatic amines is 1. The number of hydrogen-bond donors (Lipinski definition) is 1. The van der Waals surface area contributed by atoms with Gasteiger partial charge in [0.2, 0.25) is 0 Å². The third-order valence-corrected chi connectivity index (χ3v) is 2.76. The number of nitrogens with one attached hydrogen (secondary N) is 1. The van der Waals surface area contributed by atoms with Gasteiger partial charge in [-0.1, -0.05) is 11.6 Å². The number of benzene rings is 1. The lowest BCUT2D eigenvalue weighted by Gasteiger charge is -2.08. The summed E-state index contributed by atoms with van der Waals surface area (Å²) in [5.41, 5.74) is -0.416. The van der Waals surface area contributed by atoms with Gasteiger partial charge < -0.3 is 4.98 Å². The maximum Gasteiger partial charge on any atom is 0.390 e.